The number of hydrogen-bond donors (Lipinski definition) is 1. The van der Waals surface area contributed by atoms with E-state index in [1.807, 2.05) is 37.1 Å². The summed E-state index contributed by atoms with van der Waals surface area (Å²) in [6.07, 6.45) is -4.73. The molecule has 0 atom stereocenters. The molecule has 2 heterocycles. The van der Waals surface area contributed by atoms with Crippen molar-refractivity contribution in [3.63, 3.8) is 0 Å². The predicted molar refractivity (Wildman–Crippen MR) is 115 cm³/mol. The molecule has 0 aliphatic heterocycles. The number of anilines is 1. The van der Waals surface area contributed by atoms with E-state index in [9.17, 15) is 18.0 Å². The quantitative estimate of drug-likeness (QED) is 0.454. The Morgan fingerprint density at radius 2 is 2.00 bits per heavy atom. The van der Waals surface area contributed by atoms with Crippen LogP contribution in [0.25, 0.3) is 21.6 Å². The number of aromatic nitrogens is 3. The van der Waals surface area contributed by atoms with Crippen LogP contribution in [-0.2, 0) is 6.18 Å². The van der Waals surface area contributed by atoms with E-state index in [4.69, 9.17) is 0 Å². The molecular weight excluding hydrogens is 443 g/mol. The lowest BCUT2D eigenvalue weighted by Gasteiger charge is -2.19. The molecular formula is C21H18F3N5O2S. The summed E-state index contributed by atoms with van der Waals surface area (Å²) in [5.74, 6) is -2.03. The lowest BCUT2D eigenvalue weighted by Crippen LogP contribution is -2.33. The molecule has 0 fully saturated rings. The second kappa shape index (κ2) is 8.58. The zero-order valence-corrected chi connectivity index (χ0v) is 17.9. The van der Waals surface area contributed by atoms with E-state index in [1.54, 1.807) is 23.5 Å². The SMILES string of the molecule is Cc1nc2cc(N(C)CCNC(=O)c3cccc(-c4noc(C(F)(F)F)n4)c3)ccc2s1. The minimum Gasteiger partial charge on any atom is -0.373 e. The van der Waals surface area contributed by atoms with Crippen molar-refractivity contribution >= 4 is 33.1 Å². The maximum absolute atomic E-state index is 12.7. The molecule has 32 heavy (non-hydrogen) atoms. The standard InChI is InChI=1S/C21H18F3N5O2S/c1-12-26-16-11-15(6-7-17(16)32-12)29(2)9-8-25-19(30)14-5-3-4-13(10-14)18-27-20(31-28-18)21(22,23)24/h3-7,10-11H,8-9H2,1-2H3,(H,25,30). The molecule has 166 valence electrons. The number of alkyl halides is 3. The van der Waals surface area contributed by atoms with Crippen molar-refractivity contribution in [2.75, 3.05) is 25.0 Å². The molecule has 4 rings (SSSR count). The van der Waals surface area contributed by atoms with Crippen LogP contribution in [0.15, 0.2) is 47.0 Å². The summed E-state index contributed by atoms with van der Waals surface area (Å²) in [6, 6.07) is 12.1. The van der Waals surface area contributed by atoms with E-state index < -0.39 is 12.1 Å². The molecule has 2 aromatic heterocycles. The van der Waals surface area contributed by atoms with E-state index in [-0.39, 0.29) is 22.9 Å². The summed E-state index contributed by atoms with van der Waals surface area (Å²) in [7, 11) is 1.92. The highest BCUT2D eigenvalue weighted by Crippen LogP contribution is 2.29. The molecule has 4 aromatic rings. The Kier molecular flexibility index (Phi) is 5.83. The lowest BCUT2D eigenvalue weighted by molar-refractivity contribution is -0.159. The smallest absolute Gasteiger partial charge is 0.373 e. The Morgan fingerprint density at radius 1 is 1.19 bits per heavy atom. The van der Waals surface area contributed by atoms with Gasteiger partial charge in [0.25, 0.3) is 5.91 Å². The molecule has 0 unspecified atom stereocenters. The van der Waals surface area contributed by atoms with Crippen LogP contribution in [0.4, 0.5) is 18.9 Å². The molecule has 0 saturated heterocycles. The number of aryl methyl sites for hydroxylation is 1. The van der Waals surface area contributed by atoms with Crippen molar-refractivity contribution in [2.45, 2.75) is 13.1 Å². The van der Waals surface area contributed by atoms with Crippen molar-refractivity contribution < 1.29 is 22.5 Å². The average molecular weight is 461 g/mol. The van der Waals surface area contributed by atoms with Crippen LogP contribution in [0, 0.1) is 6.92 Å². The highest BCUT2D eigenvalue weighted by molar-refractivity contribution is 7.18. The van der Waals surface area contributed by atoms with Gasteiger partial charge in [0.2, 0.25) is 5.82 Å². The highest BCUT2D eigenvalue weighted by atomic mass is 32.1. The third kappa shape index (κ3) is 4.72. The van der Waals surface area contributed by atoms with Crippen molar-refractivity contribution in [3.8, 4) is 11.4 Å². The number of benzene rings is 2. The van der Waals surface area contributed by atoms with Gasteiger partial charge in [-0.15, -0.1) is 11.3 Å². The maximum Gasteiger partial charge on any atom is 0.471 e. The number of nitrogens with zero attached hydrogens (tertiary/aromatic N) is 4. The van der Waals surface area contributed by atoms with Gasteiger partial charge in [-0.1, -0.05) is 17.3 Å². The molecule has 1 amide bonds. The van der Waals surface area contributed by atoms with Crippen molar-refractivity contribution in [1.29, 1.82) is 0 Å². The summed E-state index contributed by atoms with van der Waals surface area (Å²) in [5, 5.41) is 7.16. The van der Waals surface area contributed by atoms with E-state index in [0.29, 0.717) is 13.1 Å². The zero-order valence-electron chi connectivity index (χ0n) is 17.1. The second-order valence-electron chi connectivity index (χ2n) is 7.06. The molecule has 0 aliphatic carbocycles. The first-order valence-corrected chi connectivity index (χ1v) is 10.4. The molecule has 0 bridgehead atoms. The van der Waals surface area contributed by atoms with Crippen LogP contribution in [0.3, 0.4) is 0 Å². The largest absolute Gasteiger partial charge is 0.471 e. The van der Waals surface area contributed by atoms with Gasteiger partial charge in [-0.2, -0.15) is 18.2 Å². The number of amides is 1. The van der Waals surface area contributed by atoms with Crippen LogP contribution in [0.1, 0.15) is 21.3 Å². The minimum atomic E-state index is -4.73. The third-order valence-electron chi connectivity index (χ3n) is 4.70. The zero-order chi connectivity index (χ0) is 22.9. The fraction of sp³-hybridized carbons (Fsp3) is 0.238. The van der Waals surface area contributed by atoms with Crippen LogP contribution < -0.4 is 10.2 Å². The van der Waals surface area contributed by atoms with Crippen molar-refractivity contribution in [3.05, 3.63) is 58.9 Å². The molecule has 0 saturated carbocycles. The number of rotatable bonds is 6. The number of carbonyl (C=O) groups is 1. The van der Waals surface area contributed by atoms with Crippen LogP contribution in [0.5, 0.6) is 0 Å². The number of nitrogens with one attached hydrogen (secondary N) is 1. The molecule has 11 heteroatoms. The van der Waals surface area contributed by atoms with Gasteiger partial charge in [-0.25, -0.2) is 4.98 Å². The fourth-order valence-corrected chi connectivity index (χ4v) is 3.90. The molecule has 0 spiro atoms. The van der Waals surface area contributed by atoms with Crippen LogP contribution in [0.2, 0.25) is 0 Å². The van der Waals surface area contributed by atoms with E-state index in [0.717, 1.165) is 20.9 Å². The first-order valence-electron chi connectivity index (χ1n) is 9.58. The molecule has 0 radical (unpaired) electrons. The summed E-state index contributed by atoms with van der Waals surface area (Å²) < 4.78 is 43.4. The van der Waals surface area contributed by atoms with Crippen LogP contribution >= 0.6 is 11.3 Å². The first kappa shape index (κ1) is 21.8. The molecule has 7 nitrogen and oxygen atoms in total. The van der Waals surface area contributed by atoms with Crippen molar-refractivity contribution in [1.82, 2.24) is 20.4 Å². The van der Waals surface area contributed by atoms with Gasteiger partial charge in [0.05, 0.1) is 15.2 Å². The van der Waals surface area contributed by atoms with Crippen LogP contribution in [-0.4, -0.2) is 41.2 Å². The Morgan fingerprint density at radius 3 is 2.75 bits per heavy atom. The number of hydrogen-bond acceptors (Lipinski definition) is 7. The Labute approximate surface area is 184 Å². The number of halogens is 3. The first-order chi connectivity index (χ1) is 15.2. The normalized spacial score (nSPS) is 11.7. The third-order valence-corrected chi connectivity index (χ3v) is 5.65. The molecule has 2 aromatic carbocycles. The lowest BCUT2D eigenvalue weighted by atomic mass is 10.1. The fourth-order valence-electron chi connectivity index (χ4n) is 3.09. The van der Waals surface area contributed by atoms with Gasteiger partial charge in [0, 0.05) is 37.0 Å². The Bertz CT molecular complexity index is 1270. The van der Waals surface area contributed by atoms with E-state index in [2.05, 4.69) is 25.0 Å². The number of thiazole rings is 1. The van der Waals surface area contributed by atoms with E-state index >= 15 is 0 Å². The summed E-state index contributed by atoms with van der Waals surface area (Å²) in [6.45, 7) is 2.89. The monoisotopic (exact) mass is 461 g/mol. The highest BCUT2D eigenvalue weighted by Gasteiger charge is 2.38. The average Bonchev–Trinajstić information content (AvgIpc) is 3.39. The minimum absolute atomic E-state index is 0.237. The number of carbonyl (C=O) groups excluding carboxylic acids is 1. The van der Waals surface area contributed by atoms with Gasteiger partial charge in [0.15, 0.2) is 0 Å². The summed E-state index contributed by atoms with van der Waals surface area (Å²) >= 11 is 1.64. The van der Waals surface area contributed by atoms with Gasteiger partial charge in [-0.3, -0.25) is 4.79 Å². The topological polar surface area (TPSA) is 84.2 Å². The molecule has 0 aliphatic rings. The number of fused-ring (bicyclic) bond motifs is 1. The van der Waals surface area contributed by atoms with Gasteiger partial charge in [0.1, 0.15) is 0 Å². The van der Waals surface area contributed by atoms with Gasteiger partial charge < -0.3 is 14.7 Å². The van der Waals surface area contributed by atoms with Crippen molar-refractivity contribution in [2.24, 2.45) is 0 Å². The van der Waals surface area contributed by atoms with Gasteiger partial charge in [-0.05, 0) is 37.3 Å². The van der Waals surface area contributed by atoms with Gasteiger partial charge >= 0.3 is 12.1 Å². The second-order valence-corrected chi connectivity index (χ2v) is 8.30. The summed E-state index contributed by atoms with van der Waals surface area (Å²) in [4.78, 5) is 22.4. The molecule has 1 N–H and O–H groups in total. The Hall–Kier alpha value is -3.47. The number of likely N-dealkylation sites (N-methyl/N-ethyl adjacent to an activating group) is 1. The maximum atomic E-state index is 12.7. The van der Waals surface area contributed by atoms with E-state index in [1.165, 1.54) is 12.1 Å². The predicted octanol–water partition coefficient (Wildman–Crippen LogP) is 4.54. The summed E-state index contributed by atoms with van der Waals surface area (Å²) in [5.41, 5.74) is 2.45. The Balaban J connectivity index is 1.37.